The van der Waals surface area contributed by atoms with Crippen molar-refractivity contribution in [3.63, 3.8) is 0 Å². The molecule has 8 heteroatoms. The highest BCUT2D eigenvalue weighted by Gasteiger charge is 2.17. The molecule has 1 aliphatic rings. The first-order valence-electron chi connectivity index (χ1n) is 9.20. The van der Waals surface area contributed by atoms with Crippen LogP contribution in [0.3, 0.4) is 0 Å². The van der Waals surface area contributed by atoms with E-state index in [1.54, 1.807) is 0 Å². The fourth-order valence-corrected chi connectivity index (χ4v) is 4.04. The Balaban J connectivity index is 1.84. The normalized spacial score (nSPS) is 15.1. The maximum Gasteiger partial charge on any atom is 0.251 e. The summed E-state index contributed by atoms with van der Waals surface area (Å²) in [6.45, 7) is 3.77. The predicted molar refractivity (Wildman–Crippen MR) is 104 cm³/mol. The first-order chi connectivity index (χ1) is 12.9. The summed E-state index contributed by atoms with van der Waals surface area (Å²) in [6.07, 6.45) is 7.16. The van der Waals surface area contributed by atoms with E-state index in [-0.39, 0.29) is 41.9 Å². The Morgan fingerprint density at radius 3 is 2.63 bits per heavy atom. The summed E-state index contributed by atoms with van der Waals surface area (Å²) < 4.78 is 26.6. The van der Waals surface area contributed by atoms with Gasteiger partial charge in [0.2, 0.25) is 15.9 Å². The SMILES string of the molecule is C=CCNS(=O)(=O)c1cccc(C(=O)NCCC(=O)NC2CCCCC2)c1. The van der Waals surface area contributed by atoms with Crippen molar-refractivity contribution in [3.8, 4) is 0 Å². The average molecular weight is 394 g/mol. The largest absolute Gasteiger partial charge is 0.353 e. The summed E-state index contributed by atoms with van der Waals surface area (Å²) in [5.74, 6) is -0.492. The Bertz CT molecular complexity index is 771. The van der Waals surface area contributed by atoms with Crippen molar-refractivity contribution in [2.45, 2.75) is 49.5 Å². The molecule has 0 radical (unpaired) electrons. The number of hydrogen-bond donors (Lipinski definition) is 3. The molecule has 3 N–H and O–H groups in total. The van der Waals surface area contributed by atoms with Gasteiger partial charge in [0, 0.05) is 31.1 Å². The molecular formula is C19H27N3O4S. The molecule has 148 valence electrons. The number of carbonyl (C=O) groups is 2. The number of benzene rings is 1. The van der Waals surface area contributed by atoms with Crippen molar-refractivity contribution in [2.75, 3.05) is 13.1 Å². The van der Waals surface area contributed by atoms with Crippen molar-refractivity contribution in [3.05, 3.63) is 42.5 Å². The van der Waals surface area contributed by atoms with Crippen LogP contribution >= 0.6 is 0 Å². The van der Waals surface area contributed by atoms with Crippen LogP contribution in [-0.2, 0) is 14.8 Å². The van der Waals surface area contributed by atoms with Gasteiger partial charge in [0.1, 0.15) is 0 Å². The lowest BCUT2D eigenvalue weighted by molar-refractivity contribution is -0.121. The van der Waals surface area contributed by atoms with Crippen molar-refractivity contribution in [2.24, 2.45) is 0 Å². The number of sulfonamides is 1. The molecule has 1 fully saturated rings. The highest BCUT2D eigenvalue weighted by molar-refractivity contribution is 7.89. The second-order valence-electron chi connectivity index (χ2n) is 6.58. The van der Waals surface area contributed by atoms with E-state index in [0.29, 0.717) is 0 Å². The summed E-state index contributed by atoms with van der Waals surface area (Å²) in [5.41, 5.74) is 0.226. The first-order valence-corrected chi connectivity index (χ1v) is 10.7. The minimum absolute atomic E-state index is 0.00652. The monoisotopic (exact) mass is 393 g/mol. The number of hydrogen-bond acceptors (Lipinski definition) is 4. The second kappa shape index (κ2) is 10.2. The molecule has 0 heterocycles. The van der Waals surface area contributed by atoms with Gasteiger partial charge in [-0.2, -0.15) is 0 Å². The van der Waals surface area contributed by atoms with Crippen LogP contribution in [0.15, 0.2) is 41.8 Å². The smallest absolute Gasteiger partial charge is 0.251 e. The third-order valence-electron chi connectivity index (χ3n) is 4.43. The van der Waals surface area contributed by atoms with Crippen molar-refractivity contribution in [1.82, 2.24) is 15.4 Å². The van der Waals surface area contributed by atoms with Crippen LogP contribution in [0.2, 0.25) is 0 Å². The topological polar surface area (TPSA) is 104 Å². The van der Waals surface area contributed by atoms with Crippen LogP contribution in [0.5, 0.6) is 0 Å². The zero-order valence-electron chi connectivity index (χ0n) is 15.4. The second-order valence-corrected chi connectivity index (χ2v) is 8.34. The van der Waals surface area contributed by atoms with Crippen LogP contribution in [0.25, 0.3) is 0 Å². The van der Waals surface area contributed by atoms with Crippen molar-refractivity contribution >= 4 is 21.8 Å². The van der Waals surface area contributed by atoms with Gasteiger partial charge >= 0.3 is 0 Å². The molecule has 2 amide bonds. The predicted octanol–water partition coefficient (Wildman–Crippen LogP) is 1.72. The molecule has 27 heavy (non-hydrogen) atoms. The van der Waals surface area contributed by atoms with E-state index in [2.05, 4.69) is 21.9 Å². The van der Waals surface area contributed by atoms with Crippen LogP contribution in [0.1, 0.15) is 48.9 Å². The molecule has 1 saturated carbocycles. The van der Waals surface area contributed by atoms with E-state index in [1.807, 2.05) is 0 Å². The molecule has 2 rings (SSSR count). The van der Waals surface area contributed by atoms with Gasteiger partial charge in [-0.3, -0.25) is 9.59 Å². The summed E-state index contributed by atoms with van der Waals surface area (Å²) in [6, 6.07) is 6.01. The van der Waals surface area contributed by atoms with Gasteiger partial charge in [-0.1, -0.05) is 31.4 Å². The zero-order chi connectivity index (χ0) is 19.7. The Labute approximate surface area is 160 Å². The molecule has 7 nitrogen and oxygen atoms in total. The summed E-state index contributed by atoms with van der Waals surface area (Å²) in [5, 5.41) is 5.65. The van der Waals surface area contributed by atoms with Crippen LogP contribution in [0.4, 0.5) is 0 Å². The Kier molecular flexibility index (Phi) is 7.99. The Morgan fingerprint density at radius 2 is 1.93 bits per heavy atom. The molecular weight excluding hydrogens is 366 g/mol. The quantitative estimate of drug-likeness (QED) is 0.556. The zero-order valence-corrected chi connectivity index (χ0v) is 16.2. The number of rotatable bonds is 9. The third kappa shape index (κ3) is 6.80. The Hall–Kier alpha value is -2.19. The highest BCUT2D eigenvalue weighted by atomic mass is 32.2. The number of carbonyl (C=O) groups excluding carboxylic acids is 2. The van der Waals surface area contributed by atoms with E-state index in [0.717, 1.165) is 25.7 Å². The van der Waals surface area contributed by atoms with Gasteiger partial charge in [-0.15, -0.1) is 6.58 Å². The first kappa shape index (κ1) is 21.1. The van der Waals surface area contributed by atoms with Gasteiger partial charge in [0.25, 0.3) is 5.91 Å². The molecule has 0 bridgehead atoms. The third-order valence-corrected chi connectivity index (χ3v) is 5.85. The summed E-state index contributed by atoms with van der Waals surface area (Å²) in [7, 11) is -3.69. The van der Waals surface area contributed by atoms with Crippen molar-refractivity contribution in [1.29, 1.82) is 0 Å². The van der Waals surface area contributed by atoms with Gasteiger partial charge in [0.15, 0.2) is 0 Å². The molecule has 1 aromatic rings. The molecule has 1 aliphatic carbocycles. The van der Waals surface area contributed by atoms with Crippen molar-refractivity contribution < 1.29 is 18.0 Å². The van der Waals surface area contributed by atoms with Gasteiger partial charge in [0.05, 0.1) is 4.90 Å². The summed E-state index contributed by atoms with van der Waals surface area (Å²) >= 11 is 0. The van der Waals surface area contributed by atoms with Gasteiger partial charge in [-0.05, 0) is 31.0 Å². The standard InChI is InChI=1S/C19H27N3O4S/c1-2-12-21-27(25,26)17-10-6-7-15(14-17)19(24)20-13-11-18(23)22-16-8-4-3-5-9-16/h2,6-7,10,14,16,21H,1,3-5,8-9,11-13H2,(H,20,24)(H,22,23). The fourth-order valence-electron chi connectivity index (χ4n) is 2.99. The van der Waals surface area contributed by atoms with Crippen LogP contribution in [0, 0.1) is 0 Å². The lowest BCUT2D eigenvalue weighted by Gasteiger charge is -2.22. The Morgan fingerprint density at radius 1 is 1.19 bits per heavy atom. The maximum absolute atomic E-state index is 12.2. The minimum atomic E-state index is -3.69. The maximum atomic E-state index is 12.2. The highest BCUT2D eigenvalue weighted by Crippen LogP contribution is 2.17. The van der Waals surface area contributed by atoms with E-state index >= 15 is 0 Å². The molecule has 0 spiro atoms. The van der Waals surface area contributed by atoms with E-state index < -0.39 is 15.9 Å². The molecule has 0 saturated heterocycles. The molecule has 0 aliphatic heterocycles. The molecule has 0 aromatic heterocycles. The molecule has 0 unspecified atom stereocenters. The number of nitrogens with one attached hydrogen (secondary N) is 3. The van der Waals surface area contributed by atoms with E-state index in [1.165, 1.54) is 36.8 Å². The molecule has 1 aromatic carbocycles. The minimum Gasteiger partial charge on any atom is -0.353 e. The average Bonchev–Trinajstić information content (AvgIpc) is 2.67. The van der Waals surface area contributed by atoms with Crippen LogP contribution in [-0.4, -0.2) is 39.4 Å². The summed E-state index contributed by atoms with van der Waals surface area (Å²) in [4.78, 5) is 24.2. The van der Waals surface area contributed by atoms with E-state index in [9.17, 15) is 18.0 Å². The fraction of sp³-hybridized carbons (Fsp3) is 0.474. The van der Waals surface area contributed by atoms with E-state index in [4.69, 9.17) is 0 Å². The van der Waals surface area contributed by atoms with Crippen LogP contribution < -0.4 is 15.4 Å². The lowest BCUT2D eigenvalue weighted by atomic mass is 9.95. The lowest BCUT2D eigenvalue weighted by Crippen LogP contribution is -2.38. The molecule has 0 atom stereocenters. The van der Waals surface area contributed by atoms with Gasteiger partial charge < -0.3 is 10.6 Å². The number of amides is 2. The van der Waals surface area contributed by atoms with Gasteiger partial charge in [-0.25, -0.2) is 13.1 Å².